The number of amides is 1. The number of hydrogen-bond donors (Lipinski definition) is 1. The van der Waals surface area contributed by atoms with Crippen LogP contribution in [-0.2, 0) is 9.53 Å². The van der Waals surface area contributed by atoms with E-state index in [0.717, 1.165) is 25.9 Å². The average Bonchev–Trinajstić information content (AvgIpc) is 2.88. The van der Waals surface area contributed by atoms with Gasteiger partial charge in [-0.25, -0.2) is 0 Å². The summed E-state index contributed by atoms with van der Waals surface area (Å²) >= 11 is 0. The van der Waals surface area contributed by atoms with Gasteiger partial charge in [0.05, 0.1) is 6.10 Å². The number of ether oxygens (including phenoxy) is 1. The van der Waals surface area contributed by atoms with Gasteiger partial charge in [-0.15, -0.1) is 0 Å². The molecule has 1 aliphatic carbocycles. The van der Waals surface area contributed by atoms with Crippen molar-refractivity contribution in [2.75, 3.05) is 13.7 Å². The van der Waals surface area contributed by atoms with Gasteiger partial charge in [-0.2, -0.15) is 0 Å². The quantitative estimate of drug-likeness (QED) is 0.725. The molecular formula is C20H36N2O2. The molecule has 24 heavy (non-hydrogen) atoms. The predicted molar refractivity (Wildman–Crippen MR) is 96.9 cm³/mol. The molecule has 4 nitrogen and oxygen atoms in total. The number of unbranched alkanes of at least 4 members (excludes halogenated alkanes) is 1. The number of carbonyl (C=O) groups is 1. The first-order valence-corrected chi connectivity index (χ1v) is 10.0. The molecule has 0 aromatic heterocycles. The zero-order valence-corrected chi connectivity index (χ0v) is 16.0. The Morgan fingerprint density at radius 3 is 2.46 bits per heavy atom. The number of rotatable bonds is 7. The van der Waals surface area contributed by atoms with Gasteiger partial charge in [0.15, 0.2) is 0 Å². The predicted octanol–water partition coefficient (Wildman–Crippen LogP) is 3.35. The van der Waals surface area contributed by atoms with E-state index in [-0.39, 0.29) is 5.41 Å². The standard InChI is InChI=1S/C20H36N2O2/c1-5-6-9-24-18-13-17(20(18,2)3)22(4)19(23)12-14-10-15-7-8-16(11-14)21-15/h14-18,21H,5-13H2,1-4H3. The van der Waals surface area contributed by atoms with Crippen LogP contribution in [0.4, 0.5) is 0 Å². The van der Waals surface area contributed by atoms with Crippen molar-refractivity contribution >= 4 is 5.91 Å². The molecule has 1 N–H and O–H groups in total. The van der Waals surface area contributed by atoms with Crippen LogP contribution in [0.2, 0.25) is 0 Å². The minimum Gasteiger partial charge on any atom is -0.378 e. The highest BCUT2D eigenvalue weighted by atomic mass is 16.5. The minimum absolute atomic E-state index is 0.0747. The molecule has 2 bridgehead atoms. The van der Waals surface area contributed by atoms with Gasteiger partial charge in [0.1, 0.15) is 0 Å². The third-order valence-corrected chi connectivity index (χ3v) is 6.84. The second-order valence-corrected chi connectivity index (χ2v) is 8.97. The lowest BCUT2D eigenvalue weighted by molar-refractivity contribution is -0.165. The molecule has 0 radical (unpaired) electrons. The van der Waals surface area contributed by atoms with Crippen LogP contribution in [0.5, 0.6) is 0 Å². The number of carbonyl (C=O) groups excluding carboxylic acids is 1. The Morgan fingerprint density at radius 2 is 1.88 bits per heavy atom. The normalized spacial score (nSPS) is 37.1. The number of nitrogens with zero attached hydrogens (tertiary/aromatic N) is 1. The van der Waals surface area contributed by atoms with Crippen molar-refractivity contribution in [2.24, 2.45) is 11.3 Å². The van der Waals surface area contributed by atoms with Crippen LogP contribution >= 0.6 is 0 Å². The Labute approximate surface area is 147 Å². The van der Waals surface area contributed by atoms with Gasteiger partial charge in [0, 0.05) is 43.6 Å². The van der Waals surface area contributed by atoms with E-state index in [1.807, 2.05) is 11.9 Å². The summed E-state index contributed by atoms with van der Waals surface area (Å²) in [6.07, 6.45) is 9.32. The zero-order valence-electron chi connectivity index (χ0n) is 16.0. The third kappa shape index (κ3) is 3.65. The number of hydrogen-bond acceptors (Lipinski definition) is 3. The highest BCUT2D eigenvalue weighted by molar-refractivity contribution is 5.76. The van der Waals surface area contributed by atoms with Crippen LogP contribution in [0, 0.1) is 11.3 Å². The maximum Gasteiger partial charge on any atom is 0.222 e. The number of nitrogens with one attached hydrogen (secondary N) is 1. The van der Waals surface area contributed by atoms with Gasteiger partial charge in [0.2, 0.25) is 5.91 Å². The second-order valence-electron chi connectivity index (χ2n) is 8.97. The lowest BCUT2D eigenvalue weighted by atomic mass is 9.63. The molecule has 1 saturated carbocycles. The summed E-state index contributed by atoms with van der Waals surface area (Å²) in [5.41, 5.74) is 0.0747. The fourth-order valence-electron chi connectivity index (χ4n) is 5.08. The van der Waals surface area contributed by atoms with Crippen molar-refractivity contribution in [2.45, 2.75) is 96.4 Å². The van der Waals surface area contributed by atoms with Crippen LogP contribution in [-0.4, -0.2) is 48.7 Å². The molecule has 3 fully saturated rings. The first-order chi connectivity index (χ1) is 11.4. The van der Waals surface area contributed by atoms with Crippen LogP contribution in [0.3, 0.4) is 0 Å². The SMILES string of the molecule is CCCCOC1CC(N(C)C(=O)CC2CC3CCC(C2)N3)C1(C)C. The summed E-state index contributed by atoms with van der Waals surface area (Å²) in [5, 5.41) is 3.67. The molecule has 138 valence electrons. The smallest absolute Gasteiger partial charge is 0.222 e. The van der Waals surface area contributed by atoms with Gasteiger partial charge >= 0.3 is 0 Å². The monoisotopic (exact) mass is 336 g/mol. The molecule has 3 aliphatic rings. The lowest BCUT2D eigenvalue weighted by Crippen LogP contribution is -2.62. The molecule has 4 heteroatoms. The maximum atomic E-state index is 12.8. The molecule has 2 aliphatic heterocycles. The highest BCUT2D eigenvalue weighted by Crippen LogP contribution is 2.46. The zero-order chi connectivity index (χ0) is 17.3. The molecule has 4 atom stereocenters. The van der Waals surface area contributed by atoms with Crippen molar-refractivity contribution in [3.05, 3.63) is 0 Å². The Balaban J connectivity index is 1.47. The van der Waals surface area contributed by atoms with E-state index in [1.165, 1.54) is 32.1 Å². The van der Waals surface area contributed by atoms with Crippen molar-refractivity contribution in [3.63, 3.8) is 0 Å². The van der Waals surface area contributed by atoms with Gasteiger partial charge in [-0.3, -0.25) is 4.79 Å². The average molecular weight is 337 g/mol. The Hall–Kier alpha value is -0.610. The van der Waals surface area contributed by atoms with Crippen molar-refractivity contribution in [3.8, 4) is 0 Å². The maximum absolute atomic E-state index is 12.8. The topological polar surface area (TPSA) is 41.6 Å². The molecule has 2 saturated heterocycles. The Bertz CT molecular complexity index is 439. The van der Waals surface area contributed by atoms with E-state index in [4.69, 9.17) is 4.74 Å². The van der Waals surface area contributed by atoms with Crippen LogP contribution in [0.25, 0.3) is 0 Å². The highest BCUT2D eigenvalue weighted by Gasteiger charge is 2.52. The fourth-order valence-corrected chi connectivity index (χ4v) is 5.08. The summed E-state index contributed by atoms with van der Waals surface area (Å²) in [6, 6.07) is 1.67. The van der Waals surface area contributed by atoms with Crippen LogP contribution in [0.15, 0.2) is 0 Å². The first-order valence-electron chi connectivity index (χ1n) is 10.0. The van der Waals surface area contributed by atoms with E-state index < -0.39 is 0 Å². The summed E-state index contributed by atoms with van der Waals surface area (Å²) < 4.78 is 6.03. The third-order valence-electron chi connectivity index (χ3n) is 6.84. The lowest BCUT2D eigenvalue weighted by Gasteiger charge is -2.55. The van der Waals surface area contributed by atoms with Gasteiger partial charge in [0.25, 0.3) is 0 Å². The van der Waals surface area contributed by atoms with E-state index in [1.54, 1.807) is 0 Å². The fraction of sp³-hybridized carbons (Fsp3) is 0.950. The van der Waals surface area contributed by atoms with Crippen molar-refractivity contribution < 1.29 is 9.53 Å². The molecule has 3 rings (SSSR count). The van der Waals surface area contributed by atoms with E-state index >= 15 is 0 Å². The summed E-state index contributed by atoms with van der Waals surface area (Å²) in [4.78, 5) is 14.8. The second kappa shape index (κ2) is 7.33. The molecule has 0 spiro atoms. The van der Waals surface area contributed by atoms with Gasteiger partial charge < -0.3 is 15.0 Å². The number of piperidine rings is 1. The van der Waals surface area contributed by atoms with Gasteiger partial charge in [-0.1, -0.05) is 27.2 Å². The summed E-state index contributed by atoms with van der Waals surface area (Å²) in [5.74, 6) is 0.921. The molecule has 4 unspecified atom stereocenters. The Morgan fingerprint density at radius 1 is 1.21 bits per heavy atom. The van der Waals surface area contributed by atoms with Crippen LogP contribution in [0.1, 0.15) is 72.1 Å². The van der Waals surface area contributed by atoms with E-state index in [2.05, 4.69) is 26.1 Å². The molecule has 1 amide bonds. The van der Waals surface area contributed by atoms with Crippen molar-refractivity contribution in [1.82, 2.24) is 10.2 Å². The number of fused-ring (bicyclic) bond motifs is 2. The van der Waals surface area contributed by atoms with E-state index in [0.29, 0.717) is 36.1 Å². The first kappa shape index (κ1) is 18.2. The Kier molecular flexibility index (Phi) is 5.55. The molecule has 0 aromatic rings. The summed E-state index contributed by atoms with van der Waals surface area (Å²) in [6.45, 7) is 7.56. The molecular weight excluding hydrogens is 300 g/mol. The molecule has 2 heterocycles. The van der Waals surface area contributed by atoms with E-state index in [9.17, 15) is 4.79 Å². The van der Waals surface area contributed by atoms with Crippen LogP contribution < -0.4 is 5.32 Å². The largest absolute Gasteiger partial charge is 0.378 e. The molecule has 0 aromatic carbocycles. The van der Waals surface area contributed by atoms with Gasteiger partial charge in [-0.05, 0) is 44.4 Å². The minimum atomic E-state index is 0.0747. The van der Waals surface area contributed by atoms with Crippen molar-refractivity contribution in [1.29, 1.82) is 0 Å². The summed E-state index contributed by atoms with van der Waals surface area (Å²) in [7, 11) is 2.01.